The normalized spacial score (nSPS) is 21.3. The number of hydrogen-bond acceptors (Lipinski definition) is 1. The topological polar surface area (TPSA) is 12.0 Å². The van der Waals surface area contributed by atoms with Crippen molar-refractivity contribution in [2.24, 2.45) is 0 Å². The van der Waals surface area contributed by atoms with Gasteiger partial charge in [0.1, 0.15) is 6.17 Å². The largest absolute Gasteiger partial charge is 0.382 e. The number of rotatable bonds is 0. The number of nitrogens with one attached hydrogen (secondary N) is 1. The lowest BCUT2D eigenvalue weighted by molar-refractivity contribution is 0.341. The summed E-state index contributed by atoms with van der Waals surface area (Å²) in [6.45, 7) is 2.48. The highest BCUT2D eigenvalue weighted by molar-refractivity contribution is 5.56. The molecule has 2 heteroatoms. The summed E-state index contributed by atoms with van der Waals surface area (Å²) in [5, 5.41) is 3.08. The first-order valence-electron chi connectivity index (χ1n) is 4.24. The molecule has 0 aromatic heterocycles. The van der Waals surface area contributed by atoms with E-state index in [1.165, 1.54) is 5.56 Å². The summed E-state index contributed by atoms with van der Waals surface area (Å²) >= 11 is 0. The van der Waals surface area contributed by atoms with Gasteiger partial charge < -0.3 is 5.32 Å². The highest BCUT2D eigenvalue weighted by Gasteiger charge is 2.17. The molecule has 1 aromatic rings. The molecular formula is C10H12FN. The molecule has 0 radical (unpaired) electrons. The van der Waals surface area contributed by atoms with Crippen LogP contribution in [-0.4, -0.2) is 12.7 Å². The highest BCUT2D eigenvalue weighted by atomic mass is 19.1. The Kier molecular flexibility index (Phi) is 1.75. The maximum atomic E-state index is 13.0. The van der Waals surface area contributed by atoms with E-state index < -0.39 is 6.17 Å². The van der Waals surface area contributed by atoms with E-state index in [0.29, 0.717) is 13.0 Å². The lowest BCUT2D eigenvalue weighted by atomic mass is 9.98. The molecule has 1 heterocycles. The molecule has 0 saturated heterocycles. The smallest absolute Gasteiger partial charge is 0.121 e. The Morgan fingerprint density at radius 1 is 1.50 bits per heavy atom. The van der Waals surface area contributed by atoms with Crippen LogP contribution < -0.4 is 5.32 Å². The lowest BCUT2D eigenvalue weighted by Gasteiger charge is -2.22. The minimum Gasteiger partial charge on any atom is -0.382 e. The van der Waals surface area contributed by atoms with Crippen molar-refractivity contribution in [2.75, 3.05) is 11.9 Å². The van der Waals surface area contributed by atoms with Gasteiger partial charge in [0.25, 0.3) is 0 Å². The Balaban J connectivity index is 2.43. The predicted octanol–water partition coefficient (Wildman–Crippen LogP) is 2.30. The van der Waals surface area contributed by atoms with Gasteiger partial charge in [0, 0.05) is 18.7 Å². The highest BCUT2D eigenvalue weighted by Crippen LogP contribution is 2.25. The molecule has 1 N–H and O–H groups in total. The van der Waals surface area contributed by atoms with E-state index in [9.17, 15) is 4.39 Å². The van der Waals surface area contributed by atoms with E-state index >= 15 is 0 Å². The van der Waals surface area contributed by atoms with Gasteiger partial charge in [-0.3, -0.25) is 0 Å². The summed E-state index contributed by atoms with van der Waals surface area (Å²) in [5.41, 5.74) is 3.42. The average Bonchev–Trinajstić information content (AvgIpc) is 2.07. The van der Waals surface area contributed by atoms with Gasteiger partial charge in [-0.2, -0.15) is 0 Å². The molecule has 1 nitrogen and oxygen atoms in total. The molecule has 0 fully saturated rings. The monoisotopic (exact) mass is 165 g/mol. The molecule has 64 valence electrons. The van der Waals surface area contributed by atoms with E-state index in [0.717, 1.165) is 11.3 Å². The predicted molar refractivity (Wildman–Crippen MR) is 48.3 cm³/mol. The second-order valence-corrected chi connectivity index (χ2v) is 3.28. The van der Waals surface area contributed by atoms with Gasteiger partial charge in [0.15, 0.2) is 0 Å². The molecule has 0 saturated carbocycles. The fourth-order valence-electron chi connectivity index (χ4n) is 1.65. The molecule has 0 spiro atoms. The molecule has 1 aliphatic heterocycles. The van der Waals surface area contributed by atoms with Crippen LogP contribution in [0.1, 0.15) is 11.1 Å². The van der Waals surface area contributed by atoms with Gasteiger partial charge in [0.05, 0.1) is 0 Å². The van der Waals surface area contributed by atoms with Crippen molar-refractivity contribution in [1.82, 2.24) is 0 Å². The number of hydrogen-bond donors (Lipinski definition) is 1. The number of halogens is 1. The zero-order valence-corrected chi connectivity index (χ0v) is 7.10. The first kappa shape index (κ1) is 7.59. The number of aryl methyl sites for hydroxylation is 1. The molecule has 0 amide bonds. The quantitative estimate of drug-likeness (QED) is 0.622. The van der Waals surface area contributed by atoms with Crippen molar-refractivity contribution in [3.8, 4) is 0 Å². The summed E-state index contributed by atoms with van der Waals surface area (Å²) in [5.74, 6) is 0. The molecular weight excluding hydrogens is 153 g/mol. The van der Waals surface area contributed by atoms with Crippen LogP contribution in [0.15, 0.2) is 18.2 Å². The Labute approximate surface area is 71.6 Å². The van der Waals surface area contributed by atoms with Crippen molar-refractivity contribution < 1.29 is 4.39 Å². The Hall–Kier alpha value is -1.05. The van der Waals surface area contributed by atoms with Gasteiger partial charge >= 0.3 is 0 Å². The fourth-order valence-corrected chi connectivity index (χ4v) is 1.65. The summed E-state index contributed by atoms with van der Waals surface area (Å²) in [4.78, 5) is 0. The van der Waals surface area contributed by atoms with Crippen molar-refractivity contribution in [3.63, 3.8) is 0 Å². The van der Waals surface area contributed by atoms with Gasteiger partial charge in [-0.15, -0.1) is 0 Å². The molecule has 0 aliphatic carbocycles. The number of fused-ring (bicyclic) bond motifs is 1. The van der Waals surface area contributed by atoms with Gasteiger partial charge in [-0.1, -0.05) is 12.1 Å². The summed E-state index contributed by atoms with van der Waals surface area (Å²) in [6, 6.07) is 6.03. The Morgan fingerprint density at radius 3 is 3.17 bits per heavy atom. The van der Waals surface area contributed by atoms with Gasteiger partial charge in [-0.25, -0.2) is 4.39 Å². The molecule has 0 bridgehead atoms. The fraction of sp³-hybridized carbons (Fsp3) is 0.400. The third-order valence-corrected chi connectivity index (χ3v) is 2.35. The molecule has 1 aliphatic rings. The van der Waals surface area contributed by atoms with Gasteiger partial charge in [-0.05, 0) is 24.1 Å². The number of benzene rings is 1. The van der Waals surface area contributed by atoms with E-state index in [1.807, 2.05) is 25.1 Å². The van der Waals surface area contributed by atoms with E-state index in [-0.39, 0.29) is 0 Å². The van der Waals surface area contributed by atoms with Crippen LogP contribution in [0, 0.1) is 6.92 Å². The van der Waals surface area contributed by atoms with Crippen molar-refractivity contribution in [1.29, 1.82) is 0 Å². The van der Waals surface area contributed by atoms with Crippen LogP contribution in [0.5, 0.6) is 0 Å². The molecule has 1 unspecified atom stereocenters. The van der Waals surface area contributed by atoms with Crippen molar-refractivity contribution >= 4 is 5.69 Å². The zero-order valence-electron chi connectivity index (χ0n) is 7.10. The number of alkyl halides is 1. The van der Waals surface area contributed by atoms with E-state index in [2.05, 4.69) is 5.32 Å². The third kappa shape index (κ3) is 1.17. The first-order chi connectivity index (χ1) is 5.77. The second kappa shape index (κ2) is 2.77. The maximum absolute atomic E-state index is 13.0. The summed E-state index contributed by atoms with van der Waals surface area (Å²) in [6.07, 6.45) is -0.159. The van der Waals surface area contributed by atoms with Crippen LogP contribution in [0.3, 0.4) is 0 Å². The summed E-state index contributed by atoms with van der Waals surface area (Å²) < 4.78 is 13.0. The SMILES string of the molecule is Cc1cccc2c1CC(F)CN2. The minimum atomic E-state index is -0.724. The third-order valence-electron chi connectivity index (χ3n) is 2.35. The maximum Gasteiger partial charge on any atom is 0.121 e. The Morgan fingerprint density at radius 2 is 2.33 bits per heavy atom. The van der Waals surface area contributed by atoms with Crippen LogP contribution in [0.4, 0.5) is 10.1 Å². The first-order valence-corrected chi connectivity index (χ1v) is 4.24. The van der Waals surface area contributed by atoms with Crippen LogP contribution >= 0.6 is 0 Å². The number of anilines is 1. The second-order valence-electron chi connectivity index (χ2n) is 3.28. The molecule has 2 rings (SSSR count). The van der Waals surface area contributed by atoms with Gasteiger partial charge in [0.2, 0.25) is 0 Å². The molecule has 1 aromatic carbocycles. The van der Waals surface area contributed by atoms with Crippen LogP contribution in [0.25, 0.3) is 0 Å². The summed E-state index contributed by atoms with van der Waals surface area (Å²) in [7, 11) is 0. The van der Waals surface area contributed by atoms with Crippen molar-refractivity contribution in [2.45, 2.75) is 19.5 Å². The van der Waals surface area contributed by atoms with E-state index in [1.54, 1.807) is 0 Å². The average molecular weight is 165 g/mol. The van der Waals surface area contributed by atoms with Crippen LogP contribution in [-0.2, 0) is 6.42 Å². The molecule has 1 atom stereocenters. The standard InChI is InChI=1S/C10H12FN/c1-7-3-2-4-10-9(7)5-8(11)6-12-10/h2-4,8,12H,5-6H2,1H3. The van der Waals surface area contributed by atoms with E-state index in [4.69, 9.17) is 0 Å². The van der Waals surface area contributed by atoms with Crippen molar-refractivity contribution in [3.05, 3.63) is 29.3 Å². The Bertz CT molecular complexity index is 296. The van der Waals surface area contributed by atoms with Crippen LogP contribution in [0.2, 0.25) is 0 Å². The minimum absolute atomic E-state index is 0.455. The molecule has 12 heavy (non-hydrogen) atoms. The zero-order chi connectivity index (χ0) is 8.55. The lowest BCUT2D eigenvalue weighted by Crippen LogP contribution is -2.24.